The Kier molecular flexibility index (Phi) is 5.10. The van der Waals surface area contributed by atoms with Gasteiger partial charge in [0.25, 0.3) is 5.91 Å². The molecule has 0 spiro atoms. The normalized spacial score (nSPS) is 19.4. The molecule has 1 aromatic carbocycles. The van der Waals surface area contributed by atoms with Crippen molar-refractivity contribution in [1.29, 1.82) is 0 Å². The molecule has 0 aromatic heterocycles. The van der Waals surface area contributed by atoms with E-state index in [1.54, 1.807) is 20.8 Å². The van der Waals surface area contributed by atoms with Crippen LogP contribution in [0.3, 0.4) is 0 Å². The number of piperidine rings is 1. The van der Waals surface area contributed by atoms with Gasteiger partial charge in [-0.15, -0.1) is 0 Å². The van der Waals surface area contributed by atoms with Crippen LogP contribution < -0.4 is 10.6 Å². The highest BCUT2D eigenvalue weighted by Gasteiger charge is 2.40. The number of rotatable bonds is 4. The van der Waals surface area contributed by atoms with Crippen LogP contribution in [-0.2, 0) is 25.7 Å². The summed E-state index contributed by atoms with van der Waals surface area (Å²) in [4.78, 5) is 49.4. The number of esters is 1. The second-order valence-corrected chi connectivity index (χ2v) is 7.82. The molecule has 2 N–H and O–H groups in total. The molecule has 1 fully saturated rings. The first-order valence-electron chi connectivity index (χ1n) is 8.98. The van der Waals surface area contributed by atoms with Gasteiger partial charge in [0.1, 0.15) is 24.0 Å². The van der Waals surface area contributed by atoms with Crippen LogP contribution in [0.1, 0.15) is 49.5 Å². The number of nitrogens with zero attached hydrogens (tertiary/aromatic N) is 1. The van der Waals surface area contributed by atoms with Gasteiger partial charge in [0.2, 0.25) is 11.8 Å². The number of nitrogens with one attached hydrogen (secondary N) is 2. The van der Waals surface area contributed by atoms with E-state index in [1.807, 2.05) is 0 Å². The maximum absolute atomic E-state index is 14.0. The van der Waals surface area contributed by atoms with Gasteiger partial charge < -0.3 is 15.0 Å². The zero-order valence-corrected chi connectivity index (χ0v) is 15.9. The molecule has 0 bridgehead atoms. The monoisotopic (exact) mass is 391 g/mol. The number of anilines is 1. The largest absolute Gasteiger partial charge is 0.459 e. The van der Waals surface area contributed by atoms with E-state index in [0.29, 0.717) is 11.3 Å². The summed E-state index contributed by atoms with van der Waals surface area (Å²) < 4.78 is 19.3. The van der Waals surface area contributed by atoms with Crippen LogP contribution in [0.25, 0.3) is 0 Å². The van der Waals surface area contributed by atoms with Gasteiger partial charge >= 0.3 is 5.97 Å². The Morgan fingerprint density at radius 1 is 1.32 bits per heavy atom. The Labute approximate surface area is 161 Å². The minimum Gasteiger partial charge on any atom is -0.459 e. The predicted octanol–water partition coefficient (Wildman–Crippen LogP) is 1.34. The van der Waals surface area contributed by atoms with Crippen molar-refractivity contribution in [2.24, 2.45) is 0 Å². The first-order valence-corrected chi connectivity index (χ1v) is 8.98. The van der Waals surface area contributed by atoms with E-state index in [0.717, 1.165) is 6.07 Å². The molecular formula is C19H22FN3O5. The number of hydrogen-bond acceptors (Lipinski definition) is 6. The summed E-state index contributed by atoms with van der Waals surface area (Å²) in [5, 5.41) is 5.04. The van der Waals surface area contributed by atoms with Crippen LogP contribution in [0.15, 0.2) is 12.1 Å². The van der Waals surface area contributed by atoms with E-state index in [2.05, 4.69) is 10.6 Å². The Bertz CT molecular complexity index is 862. The number of carbonyl (C=O) groups is 4. The fourth-order valence-corrected chi connectivity index (χ4v) is 3.33. The van der Waals surface area contributed by atoms with E-state index in [9.17, 15) is 23.6 Å². The van der Waals surface area contributed by atoms with E-state index in [4.69, 9.17) is 4.74 Å². The van der Waals surface area contributed by atoms with Crippen molar-refractivity contribution >= 4 is 29.4 Å². The standard InChI is InChI=1S/C19H22FN3O5/c1-19(2,3)28-16(25)8-21-13-7-10(20)6-11-12(13)9-23(18(11)27)14-4-5-15(24)22-17(14)26/h6-7,14,21H,4-5,8-9H2,1-3H3,(H,22,24,26). The van der Waals surface area contributed by atoms with E-state index < -0.39 is 35.2 Å². The third-order valence-electron chi connectivity index (χ3n) is 4.46. The van der Waals surface area contributed by atoms with Gasteiger partial charge in [-0.1, -0.05) is 0 Å². The quantitative estimate of drug-likeness (QED) is 0.593. The van der Waals surface area contributed by atoms with Gasteiger partial charge in [-0.05, 0) is 39.3 Å². The predicted molar refractivity (Wildman–Crippen MR) is 96.8 cm³/mol. The molecule has 28 heavy (non-hydrogen) atoms. The molecule has 3 rings (SSSR count). The van der Waals surface area contributed by atoms with Crippen molar-refractivity contribution < 1.29 is 28.3 Å². The summed E-state index contributed by atoms with van der Waals surface area (Å²) in [5.74, 6) is -2.55. The van der Waals surface area contributed by atoms with Gasteiger partial charge in [-0.3, -0.25) is 24.5 Å². The first kappa shape index (κ1) is 19.8. The molecule has 3 amide bonds. The average molecular weight is 391 g/mol. The number of fused-ring (bicyclic) bond motifs is 1. The fraction of sp³-hybridized carbons (Fsp3) is 0.474. The number of halogens is 1. The average Bonchev–Trinajstić information content (AvgIpc) is 2.88. The Morgan fingerprint density at radius 2 is 2.04 bits per heavy atom. The molecular weight excluding hydrogens is 369 g/mol. The third-order valence-corrected chi connectivity index (χ3v) is 4.46. The fourth-order valence-electron chi connectivity index (χ4n) is 3.33. The number of benzene rings is 1. The molecule has 1 atom stereocenters. The molecule has 150 valence electrons. The van der Waals surface area contributed by atoms with Crippen LogP contribution in [0.5, 0.6) is 0 Å². The lowest BCUT2D eigenvalue weighted by atomic mass is 10.0. The van der Waals surface area contributed by atoms with Crippen LogP contribution in [0.2, 0.25) is 0 Å². The zero-order valence-electron chi connectivity index (χ0n) is 15.9. The number of ether oxygens (including phenoxy) is 1. The number of imide groups is 1. The number of amides is 3. The smallest absolute Gasteiger partial charge is 0.325 e. The summed E-state index contributed by atoms with van der Waals surface area (Å²) in [6.45, 7) is 5.10. The van der Waals surface area contributed by atoms with E-state index in [-0.39, 0.29) is 37.4 Å². The second kappa shape index (κ2) is 7.21. The Morgan fingerprint density at radius 3 is 2.68 bits per heavy atom. The Balaban J connectivity index is 1.79. The molecule has 8 nitrogen and oxygen atoms in total. The highest BCUT2D eigenvalue weighted by Crippen LogP contribution is 2.33. The van der Waals surface area contributed by atoms with Gasteiger partial charge in [-0.25, -0.2) is 4.39 Å². The molecule has 1 unspecified atom stereocenters. The highest BCUT2D eigenvalue weighted by atomic mass is 19.1. The van der Waals surface area contributed by atoms with Crippen molar-refractivity contribution in [1.82, 2.24) is 10.2 Å². The summed E-state index contributed by atoms with van der Waals surface area (Å²) in [5.41, 5.74) is 0.279. The molecule has 1 saturated heterocycles. The second-order valence-electron chi connectivity index (χ2n) is 7.82. The van der Waals surface area contributed by atoms with Gasteiger partial charge in [0.15, 0.2) is 0 Å². The highest BCUT2D eigenvalue weighted by molar-refractivity contribution is 6.06. The van der Waals surface area contributed by atoms with Crippen LogP contribution in [-0.4, -0.2) is 46.8 Å². The Hall–Kier alpha value is -2.97. The van der Waals surface area contributed by atoms with Gasteiger partial charge in [0.05, 0.1) is 0 Å². The van der Waals surface area contributed by atoms with Crippen molar-refractivity contribution in [2.75, 3.05) is 11.9 Å². The van der Waals surface area contributed by atoms with Crippen LogP contribution >= 0.6 is 0 Å². The minimum absolute atomic E-state index is 0.0807. The van der Waals surface area contributed by atoms with E-state index in [1.165, 1.54) is 11.0 Å². The van der Waals surface area contributed by atoms with Crippen LogP contribution in [0, 0.1) is 5.82 Å². The lowest BCUT2D eigenvalue weighted by Gasteiger charge is -2.29. The maximum Gasteiger partial charge on any atom is 0.325 e. The third kappa shape index (κ3) is 4.13. The lowest BCUT2D eigenvalue weighted by molar-refractivity contribution is -0.152. The summed E-state index contributed by atoms with van der Waals surface area (Å²) in [7, 11) is 0. The molecule has 2 aliphatic rings. The molecule has 2 heterocycles. The molecule has 1 aromatic rings. The SMILES string of the molecule is CC(C)(C)OC(=O)CNc1cc(F)cc2c1CN(C1CCC(=O)NC1=O)C2=O. The van der Waals surface area contributed by atoms with Gasteiger partial charge in [-0.2, -0.15) is 0 Å². The summed E-state index contributed by atoms with van der Waals surface area (Å²) >= 11 is 0. The summed E-state index contributed by atoms with van der Waals surface area (Å²) in [6.07, 6.45) is 0.349. The molecule has 0 aliphatic carbocycles. The van der Waals surface area contributed by atoms with Crippen molar-refractivity contribution in [2.45, 2.75) is 51.8 Å². The van der Waals surface area contributed by atoms with Crippen molar-refractivity contribution in [3.05, 3.63) is 29.1 Å². The first-order chi connectivity index (χ1) is 13.0. The molecule has 0 radical (unpaired) electrons. The topological polar surface area (TPSA) is 105 Å². The van der Waals surface area contributed by atoms with E-state index >= 15 is 0 Å². The van der Waals surface area contributed by atoms with Crippen molar-refractivity contribution in [3.8, 4) is 0 Å². The minimum atomic E-state index is -0.792. The van der Waals surface area contributed by atoms with Crippen LogP contribution in [0.4, 0.5) is 10.1 Å². The van der Waals surface area contributed by atoms with Gasteiger partial charge in [0, 0.05) is 29.8 Å². The molecule has 2 aliphatic heterocycles. The molecule has 0 saturated carbocycles. The summed E-state index contributed by atoms with van der Waals surface area (Å²) in [6, 6.07) is 1.52. The zero-order chi connectivity index (χ0) is 20.6. The lowest BCUT2D eigenvalue weighted by Crippen LogP contribution is -2.52. The van der Waals surface area contributed by atoms with Crippen molar-refractivity contribution in [3.63, 3.8) is 0 Å². The number of carbonyl (C=O) groups excluding carboxylic acids is 4. The molecule has 9 heteroatoms. The maximum atomic E-state index is 14.0. The number of hydrogen-bond donors (Lipinski definition) is 2.